The SMILES string of the molecule is CC1CCC(Nc2cccc(F)c2N)C1. The number of hydrogen-bond acceptors (Lipinski definition) is 2. The molecule has 0 aromatic heterocycles. The quantitative estimate of drug-likeness (QED) is 0.733. The lowest BCUT2D eigenvalue weighted by Gasteiger charge is -2.15. The van der Waals surface area contributed by atoms with Crippen LogP contribution >= 0.6 is 0 Å². The first-order valence-electron chi connectivity index (χ1n) is 5.47. The largest absolute Gasteiger partial charge is 0.395 e. The molecule has 0 heterocycles. The smallest absolute Gasteiger partial charge is 0.148 e. The number of nitrogen functional groups attached to an aromatic ring is 1. The molecule has 1 fully saturated rings. The lowest BCUT2D eigenvalue weighted by molar-refractivity contribution is 0.602. The maximum absolute atomic E-state index is 13.2. The summed E-state index contributed by atoms with van der Waals surface area (Å²) in [6, 6.07) is 5.36. The number of para-hydroxylation sites is 1. The van der Waals surface area contributed by atoms with Crippen LogP contribution in [0.3, 0.4) is 0 Å². The van der Waals surface area contributed by atoms with Gasteiger partial charge in [-0.25, -0.2) is 4.39 Å². The highest BCUT2D eigenvalue weighted by atomic mass is 19.1. The summed E-state index contributed by atoms with van der Waals surface area (Å²) in [5.41, 5.74) is 6.62. The molecule has 1 aliphatic carbocycles. The fourth-order valence-electron chi connectivity index (χ4n) is 2.22. The van der Waals surface area contributed by atoms with Crippen molar-refractivity contribution in [3.8, 4) is 0 Å². The summed E-state index contributed by atoms with van der Waals surface area (Å²) >= 11 is 0. The van der Waals surface area contributed by atoms with Crippen LogP contribution in [0, 0.1) is 11.7 Å². The van der Waals surface area contributed by atoms with Crippen molar-refractivity contribution in [1.29, 1.82) is 0 Å². The Hall–Kier alpha value is -1.25. The summed E-state index contributed by atoms with van der Waals surface area (Å²) < 4.78 is 13.2. The van der Waals surface area contributed by atoms with Gasteiger partial charge in [-0.1, -0.05) is 13.0 Å². The summed E-state index contributed by atoms with van der Waals surface area (Å²) in [5.74, 6) is 0.420. The van der Waals surface area contributed by atoms with E-state index in [4.69, 9.17) is 5.73 Å². The lowest BCUT2D eigenvalue weighted by atomic mass is 10.1. The first-order valence-corrected chi connectivity index (χ1v) is 5.47. The van der Waals surface area contributed by atoms with Crippen LogP contribution in [-0.2, 0) is 0 Å². The number of halogens is 1. The van der Waals surface area contributed by atoms with Crippen LogP contribution in [0.1, 0.15) is 26.2 Å². The first kappa shape index (κ1) is 10.3. The molecular weight excluding hydrogens is 191 g/mol. The van der Waals surface area contributed by atoms with E-state index in [1.54, 1.807) is 6.07 Å². The van der Waals surface area contributed by atoms with E-state index in [0.29, 0.717) is 6.04 Å². The van der Waals surface area contributed by atoms with E-state index in [-0.39, 0.29) is 11.5 Å². The minimum absolute atomic E-state index is 0.233. The zero-order valence-corrected chi connectivity index (χ0v) is 8.96. The molecule has 0 amide bonds. The van der Waals surface area contributed by atoms with Crippen molar-refractivity contribution in [2.75, 3.05) is 11.1 Å². The molecule has 2 atom stereocenters. The van der Waals surface area contributed by atoms with E-state index in [9.17, 15) is 4.39 Å². The topological polar surface area (TPSA) is 38.0 Å². The van der Waals surface area contributed by atoms with Crippen LogP contribution < -0.4 is 11.1 Å². The van der Waals surface area contributed by atoms with Gasteiger partial charge < -0.3 is 11.1 Å². The van der Waals surface area contributed by atoms with Crippen molar-refractivity contribution < 1.29 is 4.39 Å². The van der Waals surface area contributed by atoms with Crippen molar-refractivity contribution in [2.45, 2.75) is 32.2 Å². The van der Waals surface area contributed by atoms with Crippen molar-refractivity contribution >= 4 is 11.4 Å². The first-order chi connectivity index (χ1) is 7.16. The highest BCUT2D eigenvalue weighted by molar-refractivity contribution is 5.66. The number of rotatable bonds is 2. The van der Waals surface area contributed by atoms with Gasteiger partial charge in [0, 0.05) is 6.04 Å². The number of hydrogen-bond donors (Lipinski definition) is 2. The highest BCUT2D eigenvalue weighted by Crippen LogP contribution is 2.30. The fraction of sp³-hybridized carbons (Fsp3) is 0.500. The van der Waals surface area contributed by atoms with Gasteiger partial charge in [-0.05, 0) is 37.3 Å². The molecule has 15 heavy (non-hydrogen) atoms. The maximum Gasteiger partial charge on any atom is 0.148 e. The van der Waals surface area contributed by atoms with Crippen molar-refractivity contribution in [3.63, 3.8) is 0 Å². The van der Waals surface area contributed by atoms with E-state index in [0.717, 1.165) is 24.4 Å². The average molecular weight is 208 g/mol. The van der Waals surface area contributed by atoms with E-state index < -0.39 is 0 Å². The van der Waals surface area contributed by atoms with Crippen molar-refractivity contribution in [3.05, 3.63) is 24.0 Å². The molecule has 3 heteroatoms. The van der Waals surface area contributed by atoms with Gasteiger partial charge in [0.1, 0.15) is 5.82 Å². The molecule has 1 saturated carbocycles. The molecule has 0 bridgehead atoms. The van der Waals surface area contributed by atoms with Crippen LogP contribution in [0.15, 0.2) is 18.2 Å². The van der Waals surface area contributed by atoms with Gasteiger partial charge in [0.05, 0.1) is 11.4 Å². The second-order valence-corrected chi connectivity index (χ2v) is 4.46. The molecule has 2 unspecified atom stereocenters. The van der Waals surface area contributed by atoms with Gasteiger partial charge in [0.2, 0.25) is 0 Å². The van der Waals surface area contributed by atoms with E-state index in [1.807, 2.05) is 6.07 Å². The van der Waals surface area contributed by atoms with E-state index in [1.165, 1.54) is 12.5 Å². The summed E-state index contributed by atoms with van der Waals surface area (Å²) in [6.07, 6.45) is 3.54. The normalized spacial score (nSPS) is 25.5. The summed E-state index contributed by atoms with van der Waals surface area (Å²) in [6.45, 7) is 2.25. The molecular formula is C12H17FN2. The molecule has 0 spiro atoms. The molecule has 0 radical (unpaired) electrons. The summed E-state index contributed by atoms with van der Waals surface area (Å²) in [7, 11) is 0. The third-order valence-electron chi connectivity index (χ3n) is 3.11. The van der Waals surface area contributed by atoms with Gasteiger partial charge in [-0.15, -0.1) is 0 Å². The number of nitrogens with two attached hydrogens (primary N) is 1. The summed E-state index contributed by atoms with van der Waals surface area (Å²) in [5, 5.41) is 3.32. The minimum atomic E-state index is -0.342. The Kier molecular flexibility index (Phi) is 2.80. The Morgan fingerprint density at radius 2 is 2.20 bits per heavy atom. The van der Waals surface area contributed by atoms with Crippen LogP contribution in [0.4, 0.5) is 15.8 Å². The van der Waals surface area contributed by atoms with Gasteiger partial charge >= 0.3 is 0 Å². The average Bonchev–Trinajstić information content (AvgIpc) is 2.59. The molecule has 2 rings (SSSR count). The molecule has 1 aromatic rings. The third-order valence-corrected chi connectivity index (χ3v) is 3.11. The van der Waals surface area contributed by atoms with Gasteiger partial charge in [-0.3, -0.25) is 0 Å². The van der Waals surface area contributed by atoms with E-state index >= 15 is 0 Å². The van der Waals surface area contributed by atoms with Crippen LogP contribution in [-0.4, -0.2) is 6.04 Å². The Balaban J connectivity index is 2.07. The number of anilines is 2. The molecule has 0 saturated heterocycles. The zero-order chi connectivity index (χ0) is 10.8. The predicted molar refractivity (Wildman–Crippen MR) is 61.2 cm³/mol. The summed E-state index contributed by atoms with van der Waals surface area (Å²) in [4.78, 5) is 0. The Labute approximate surface area is 89.7 Å². The minimum Gasteiger partial charge on any atom is -0.395 e. The van der Waals surface area contributed by atoms with E-state index in [2.05, 4.69) is 12.2 Å². The predicted octanol–water partition coefficient (Wildman–Crippen LogP) is 3.01. The molecule has 3 N–H and O–H groups in total. The third kappa shape index (κ3) is 2.22. The number of nitrogens with one attached hydrogen (secondary N) is 1. The number of benzene rings is 1. The Morgan fingerprint density at radius 3 is 2.87 bits per heavy atom. The molecule has 2 nitrogen and oxygen atoms in total. The van der Waals surface area contributed by atoms with Crippen molar-refractivity contribution in [2.24, 2.45) is 5.92 Å². The Morgan fingerprint density at radius 1 is 1.40 bits per heavy atom. The fourth-order valence-corrected chi connectivity index (χ4v) is 2.22. The molecule has 0 aliphatic heterocycles. The van der Waals surface area contributed by atoms with Crippen LogP contribution in [0.5, 0.6) is 0 Å². The second kappa shape index (κ2) is 4.09. The zero-order valence-electron chi connectivity index (χ0n) is 8.96. The second-order valence-electron chi connectivity index (χ2n) is 4.46. The van der Waals surface area contributed by atoms with Crippen molar-refractivity contribution in [1.82, 2.24) is 0 Å². The lowest BCUT2D eigenvalue weighted by Crippen LogP contribution is -2.16. The van der Waals surface area contributed by atoms with Crippen LogP contribution in [0.2, 0.25) is 0 Å². The molecule has 82 valence electrons. The van der Waals surface area contributed by atoms with Gasteiger partial charge in [0.25, 0.3) is 0 Å². The van der Waals surface area contributed by atoms with Crippen LogP contribution in [0.25, 0.3) is 0 Å². The molecule has 1 aliphatic rings. The monoisotopic (exact) mass is 208 g/mol. The maximum atomic E-state index is 13.2. The highest BCUT2D eigenvalue weighted by Gasteiger charge is 2.21. The molecule has 1 aromatic carbocycles. The van der Waals surface area contributed by atoms with Gasteiger partial charge in [-0.2, -0.15) is 0 Å². The van der Waals surface area contributed by atoms with Gasteiger partial charge in [0.15, 0.2) is 0 Å². The Bertz CT molecular complexity index is 351. The standard InChI is InChI=1S/C12H17FN2/c1-8-5-6-9(7-8)15-11-4-2-3-10(13)12(11)14/h2-4,8-9,15H,5-7,14H2,1H3.